The van der Waals surface area contributed by atoms with Gasteiger partial charge in [0.25, 0.3) is 0 Å². The summed E-state index contributed by atoms with van der Waals surface area (Å²) in [4.78, 5) is 12.8. The molecule has 0 bridgehead atoms. The molecule has 3 N–H and O–H groups in total. The van der Waals surface area contributed by atoms with Crippen molar-refractivity contribution in [2.45, 2.75) is 4.90 Å². The summed E-state index contributed by atoms with van der Waals surface area (Å²) >= 11 is 8.16. The number of halogens is 2. The summed E-state index contributed by atoms with van der Waals surface area (Å²) in [5.41, 5.74) is 7.32. The van der Waals surface area contributed by atoms with Crippen molar-refractivity contribution in [2.24, 2.45) is 0 Å². The third-order valence-electron chi connectivity index (χ3n) is 2.48. The molecule has 0 atom stereocenters. The smallest absolute Gasteiger partial charge is 0.234 e. The fourth-order valence-electron chi connectivity index (χ4n) is 1.54. The van der Waals surface area contributed by atoms with E-state index in [0.717, 1.165) is 19.5 Å². The molecular formula is C14H12Br2N2OS. The van der Waals surface area contributed by atoms with E-state index in [4.69, 9.17) is 5.73 Å². The molecule has 0 unspecified atom stereocenters. The summed E-state index contributed by atoms with van der Waals surface area (Å²) in [6.07, 6.45) is 0. The Hall–Kier alpha value is -0.980. The highest BCUT2D eigenvalue weighted by molar-refractivity contribution is 9.10. The Balaban J connectivity index is 1.94. The van der Waals surface area contributed by atoms with Crippen LogP contribution in [0.3, 0.4) is 0 Å². The molecule has 6 heteroatoms. The first kappa shape index (κ1) is 15.4. The van der Waals surface area contributed by atoms with E-state index in [1.165, 1.54) is 11.8 Å². The van der Waals surface area contributed by atoms with E-state index in [-0.39, 0.29) is 5.91 Å². The van der Waals surface area contributed by atoms with E-state index in [0.29, 0.717) is 11.4 Å². The molecule has 0 spiro atoms. The van der Waals surface area contributed by atoms with Gasteiger partial charge in [-0.25, -0.2) is 0 Å². The molecule has 0 aromatic heterocycles. The molecule has 2 aromatic rings. The maximum atomic E-state index is 11.9. The van der Waals surface area contributed by atoms with Crippen LogP contribution < -0.4 is 11.1 Å². The first-order valence-electron chi connectivity index (χ1n) is 5.78. The number of nitrogens with two attached hydrogens (primary N) is 1. The van der Waals surface area contributed by atoms with Gasteiger partial charge in [-0.15, -0.1) is 11.8 Å². The second kappa shape index (κ2) is 7.15. The molecule has 0 radical (unpaired) electrons. The van der Waals surface area contributed by atoms with E-state index in [1.807, 2.05) is 42.5 Å². The maximum absolute atomic E-state index is 11.9. The molecule has 20 heavy (non-hydrogen) atoms. The van der Waals surface area contributed by atoms with E-state index < -0.39 is 0 Å². The maximum Gasteiger partial charge on any atom is 0.234 e. The van der Waals surface area contributed by atoms with Gasteiger partial charge in [0.1, 0.15) is 0 Å². The van der Waals surface area contributed by atoms with Crippen LogP contribution in [0.15, 0.2) is 56.3 Å². The summed E-state index contributed by atoms with van der Waals surface area (Å²) in [7, 11) is 0. The first-order valence-corrected chi connectivity index (χ1v) is 8.35. The van der Waals surface area contributed by atoms with Crippen molar-refractivity contribution in [1.82, 2.24) is 0 Å². The Morgan fingerprint density at radius 3 is 2.65 bits per heavy atom. The van der Waals surface area contributed by atoms with Crippen molar-refractivity contribution in [1.29, 1.82) is 0 Å². The highest BCUT2D eigenvalue weighted by Gasteiger charge is 2.07. The number of hydrogen-bond donors (Lipinski definition) is 2. The van der Waals surface area contributed by atoms with Gasteiger partial charge in [0, 0.05) is 19.5 Å². The molecule has 0 aliphatic carbocycles. The Kier molecular flexibility index (Phi) is 5.51. The summed E-state index contributed by atoms with van der Waals surface area (Å²) in [6.45, 7) is 0. The zero-order valence-corrected chi connectivity index (χ0v) is 14.4. The molecule has 0 fully saturated rings. The summed E-state index contributed by atoms with van der Waals surface area (Å²) in [5.74, 6) is 0.247. The molecule has 2 rings (SSSR count). The lowest BCUT2D eigenvalue weighted by Crippen LogP contribution is -2.14. The predicted molar refractivity (Wildman–Crippen MR) is 92.1 cm³/mol. The Bertz CT molecular complexity index is 634. The normalized spacial score (nSPS) is 10.3. The summed E-state index contributed by atoms with van der Waals surface area (Å²) in [5, 5.41) is 2.85. The first-order chi connectivity index (χ1) is 9.56. The monoisotopic (exact) mass is 414 g/mol. The van der Waals surface area contributed by atoms with Crippen LogP contribution in [0.5, 0.6) is 0 Å². The number of hydrogen-bond acceptors (Lipinski definition) is 3. The van der Waals surface area contributed by atoms with Gasteiger partial charge in [-0.2, -0.15) is 0 Å². The molecule has 3 nitrogen and oxygen atoms in total. The minimum Gasteiger partial charge on any atom is -0.398 e. The van der Waals surface area contributed by atoms with Crippen molar-refractivity contribution in [3.63, 3.8) is 0 Å². The fourth-order valence-corrected chi connectivity index (χ4v) is 3.05. The standard InChI is InChI=1S/C14H12Br2N2OS/c15-9-5-6-13(11(17)7-9)20-8-14(19)18-12-4-2-1-3-10(12)16/h1-7H,8,17H2,(H,18,19). The van der Waals surface area contributed by atoms with Gasteiger partial charge >= 0.3 is 0 Å². The third-order valence-corrected chi connectivity index (χ3v) is 4.75. The number of rotatable bonds is 4. The average molecular weight is 416 g/mol. The number of nitrogen functional groups attached to an aromatic ring is 1. The van der Waals surface area contributed by atoms with Gasteiger partial charge < -0.3 is 11.1 Å². The Morgan fingerprint density at radius 1 is 1.20 bits per heavy atom. The van der Waals surface area contributed by atoms with Crippen LogP contribution in [0.1, 0.15) is 0 Å². The molecule has 0 heterocycles. The Labute approximate surface area is 138 Å². The zero-order valence-electron chi connectivity index (χ0n) is 10.4. The van der Waals surface area contributed by atoms with Crippen LogP contribution in [0.4, 0.5) is 11.4 Å². The number of thioether (sulfide) groups is 1. The van der Waals surface area contributed by atoms with Gasteiger partial charge in [0.05, 0.1) is 11.4 Å². The molecule has 0 aliphatic rings. The van der Waals surface area contributed by atoms with Gasteiger partial charge in [-0.3, -0.25) is 4.79 Å². The van der Waals surface area contributed by atoms with Crippen molar-refractivity contribution in [2.75, 3.05) is 16.8 Å². The number of carbonyl (C=O) groups is 1. The fraction of sp³-hybridized carbons (Fsp3) is 0.0714. The average Bonchev–Trinajstić information content (AvgIpc) is 2.40. The van der Waals surface area contributed by atoms with Crippen LogP contribution in [0.25, 0.3) is 0 Å². The van der Waals surface area contributed by atoms with Crippen molar-refractivity contribution < 1.29 is 4.79 Å². The number of nitrogens with one attached hydrogen (secondary N) is 1. The number of amides is 1. The lowest BCUT2D eigenvalue weighted by molar-refractivity contribution is -0.113. The summed E-state index contributed by atoms with van der Waals surface area (Å²) in [6, 6.07) is 13.1. The van der Waals surface area contributed by atoms with Crippen molar-refractivity contribution >= 4 is 60.9 Å². The van der Waals surface area contributed by atoms with Crippen LogP contribution in [-0.4, -0.2) is 11.7 Å². The highest BCUT2D eigenvalue weighted by atomic mass is 79.9. The lowest BCUT2D eigenvalue weighted by Gasteiger charge is -2.08. The molecule has 0 saturated heterocycles. The molecule has 104 valence electrons. The Morgan fingerprint density at radius 2 is 1.95 bits per heavy atom. The molecule has 0 aliphatic heterocycles. The molecular weight excluding hydrogens is 404 g/mol. The largest absolute Gasteiger partial charge is 0.398 e. The van der Waals surface area contributed by atoms with Crippen LogP contribution in [0.2, 0.25) is 0 Å². The van der Waals surface area contributed by atoms with E-state index in [9.17, 15) is 4.79 Å². The SMILES string of the molecule is Nc1cc(Br)ccc1SCC(=O)Nc1ccccc1Br. The van der Waals surface area contributed by atoms with E-state index in [1.54, 1.807) is 0 Å². The third kappa shape index (κ3) is 4.26. The second-order valence-corrected chi connectivity index (χ2v) is 6.79. The van der Waals surface area contributed by atoms with Crippen LogP contribution >= 0.6 is 43.6 Å². The van der Waals surface area contributed by atoms with Gasteiger partial charge in [0.15, 0.2) is 0 Å². The summed E-state index contributed by atoms with van der Waals surface area (Å²) < 4.78 is 1.79. The lowest BCUT2D eigenvalue weighted by atomic mass is 10.3. The van der Waals surface area contributed by atoms with Crippen LogP contribution in [0, 0.1) is 0 Å². The quantitative estimate of drug-likeness (QED) is 0.569. The number of para-hydroxylation sites is 1. The van der Waals surface area contributed by atoms with E-state index >= 15 is 0 Å². The number of anilines is 2. The topological polar surface area (TPSA) is 55.1 Å². The van der Waals surface area contributed by atoms with Gasteiger partial charge in [0.2, 0.25) is 5.91 Å². The number of benzene rings is 2. The van der Waals surface area contributed by atoms with Crippen molar-refractivity contribution in [3.8, 4) is 0 Å². The van der Waals surface area contributed by atoms with Gasteiger partial charge in [-0.1, -0.05) is 28.1 Å². The minimum absolute atomic E-state index is 0.0655. The van der Waals surface area contributed by atoms with Crippen molar-refractivity contribution in [3.05, 3.63) is 51.4 Å². The molecule has 1 amide bonds. The van der Waals surface area contributed by atoms with Crippen LogP contribution in [-0.2, 0) is 4.79 Å². The number of carbonyl (C=O) groups excluding carboxylic acids is 1. The minimum atomic E-state index is -0.0655. The zero-order chi connectivity index (χ0) is 14.5. The molecule has 2 aromatic carbocycles. The van der Waals surface area contributed by atoms with Gasteiger partial charge in [-0.05, 0) is 46.3 Å². The highest BCUT2D eigenvalue weighted by Crippen LogP contribution is 2.28. The second-order valence-electron chi connectivity index (χ2n) is 4.00. The predicted octanol–water partition coefficient (Wildman–Crippen LogP) is 4.52. The molecule has 0 saturated carbocycles. The van der Waals surface area contributed by atoms with E-state index in [2.05, 4.69) is 37.2 Å².